The molecule has 182 valence electrons. The second kappa shape index (κ2) is 11.2. The van der Waals surface area contributed by atoms with Gasteiger partial charge >= 0.3 is 23.9 Å². The van der Waals surface area contributed by atoms with Crippen molar-refractivity contribution in [2.24, 2.45) is 17.3 Å². The maximum absolute atomic E-state index is 11.8. The minimum absolute atomic E-state index is 0.151. The van der Waals surface area contributed by atoms with Crippen molar-refractivity contribution in [3.63, 3.8) is 0 Å². The normalized spacial score (nSPS) is 26.9. The van der Waals surface area contributed by atoms with E-state index in [0.29, 0.717) is 4.47 Å². The molecule has 0 aliphatic carbocycles. The minimum atomic E-state index is -1.46. The number of hydrogen-bond acceptors (Lipinski definition) is 7. The molecule has 0 spiro atoms. The average Bonchev–Trinajstić information content (AvgIpc) is 2.66. The first-order chi connectivity index (χ1) is 15.3. The fourth-order valence-electron chi connectivity index (χ4n) is 4.14. The molecule has 1 aliphatic rings. The fourth-order valence-corrected chi connectivity index (χ4v) is 4.86. The predicted octanol–water partition coefficient (Wildman–Crippen LogP) is 3.43. The smallest absolute Gasteiger partial charge is 0.304 e. The van der Waals surface area contributed by atoms with E-state index in [9.17, 15) is 34.5 Å². The summed E-state index contributed by atoms with van der Waals surface area (Å²) in [6.45, 7) is 2.28. The number of aliphatic carboxylic acids is 3. The zero-order valence-electron chi connectivity index (χ0n) is 17.8. The van der Waals surface area contributed by atoms with Crippen LogP contribution in [-0.2, 0) is 28.7 Å². The number of esters is 1. The number of rotatable bonds is 10. The number of benzene rings is 1. The Morgan fingerprint density at radius 3 is 2.27 bits per heavy atom. The molecule has 0 amide bonds. The van der Waals surface area contributed by atoms with E-state index in [2.05, 4.69) is 15.9 Å². The van der Waals surface area contributed by atoms with Crippen molar-refractivity contribution in [3.8, 4) is 5.75 Å². The first kappa shape index (κ1) is 26.9. The van der Waals surface area contributed by atoms with Gasteiger partial charge < -0.3 is 29.5 Å². The summed E-state index contributed by atoms with van der Waals surface area (Å²) >= 11 is 9.51. The van der Waals surface area contributed by atoms with Crippen molar-refractivity contribution < 1.29 is 48.7 Å². The van der Waals surface area contributed by atoms with Crippen LogP contribution in [-0.4, -0.2) is 58.2 Å². The van der Waals surface area contributed by atoms with Gasteiger partial charge in [-0.3, -0.25) is 19.2 Å². The van der Waals surface area contributed by atoms with Gasteiger partial charge in [0.1, 0.15) is 12.4 Å². The van der Waals surface area contributed by atoms with Crippen LogP contribution in [0.3, 0.4) is 0 Å². The van der Waals surface area contributed by atoms with Gasteiger partial charge in [0, 0.05) is 29.2 Å². The molecule has 0 bridgehead atoms. The Hall–Kier alpha value is -2.37. The van der Waals surface area contributed by atoms with Gasteiger partial charge in [0.05, 0.1) is 24.0 Å². The van der Waals surface area contributed by atoms with Gasteiger partial charge in [-0.2, -0.15) is 0 Å². The largest absolute Gasteiger partial charge is 0.481 e. The Morgan fingerprint density at radius 1 is 1.12 bits per heavy atom. The number of carboxylic acids is 3. The molecule has 1 saturated heterocycles. The van der Waals surface area contributed by atoms with Crippen LogP contribution in [0, 0.1) is 17.3 Å². The molecule has 1 heterocycles. The Morgan fingerprint density at radius 2 is 1.76 bits per heavy atom. The zero-order valence-corrected chi connectivity index (χ0v) is 20.2. The Bertz CT molecular complexity index is 922. The lowest BCUT2D eigenvalue weighted by molar-refractivity contribution is -0.269. The van der Waals surface area contributed by atoms with Crippen molar-refractivity contribution in [1.29, 1.82) is 0 Å². The van der Waals surface area contributed by atoms with Crippen LogP contribution in [0.15, 0.2) is 22.7 Å². The van der Waals surface area contributed by atoms with Crippen molar-refractivity contribution >= 4 is 51.4 Å². The maximum atomic E-state index is 11.8. The highest BCUT2D eigenvalue weighted by Gasteiger charge is 2.56. The van der Waals surface area contributed by atoms with Crippen LogP contribution in [0.5, 0.6) is 5.75 Å². The molecular formula is C21H24BrClO10. The third-order valence-electron chi connectivity index (χ3n) is 5.59. The molecule has 1 aliphatic heterocycles. The summed E-state index contributed by atoms with van der Waals surface area (Å²) in [5.74, 6) is -6.20. The van der Waals surface area contributed by atoms with Gasteiger partial charge in [-0.1, -0.05) is 34.5 Å². The molecule has 1 fully saturated rings. The standard InChI is InChI=1S/C21H24BrClO10/c1-10(24)31-9-16-12(6-17(25)26)13(7-18(27)28)21(2,8-19(29)30)20(33-16)32-15-4-3-11(22)5-14(15)23/h3-5,12-13,16,20H,6-9H2,1-2H3,(H,25,26)(H,27,28)(H,29,30)/t12-,13+,16+,20+,21+/m1/s1. The summed E-state index contributed by atoms with van der Waals surface area (Å²) in [6, 6.07) is 4.71. The molecule has 10 nitrogen and oxygen atoms in total. The fraction of sp³-hybridized carbons (Fsp3) is 0.524. The number of ether oxygens (including phenoxy) is 3. The summed E-state index contributed by atoms with van der Waals surface area (Å²) < 4.78 is 17.6. The van der Waals surface area contributed by atoms with Crippen LogP contribution < -0.4 is 4.74 Å². The van der Waals surface area contributed by atoms with Gasteiger partial charge in [-0.05, 0) is 24.1 Å². The molecule has 3 N–H and O–H groups in total. The highest BCUT2D eigenvalue weighted by Crippen LogP contribution is 2.51. The molecule has 1 aromatic carbocycles. The van der Waals surface area contributed by atoms with Crippen molar-refractivity contribution in [2.45, 2.75) is 45.5 Å². The van der Waals surface area contributed by atoms with E-state index < -0.39 is 72.8 Å². The van der Waals surface area contributed by atoms with Gasteiger partial charge in [-0.15, -0.1) is 0 Å². The molecule has 5 atom stereocenters. The van der Waals surface area contributed by atoms with E-state index in [-0.39, 0.29) is 17.4 Å². The lowest BCUT2D eigenvalue weighted by Crippen LogP contribution is -2.59. The number of hydrogen-bond donors (Lipinski definition) is 3. The van der Waals surface area contributed by atoms with E-state index >= 15 is 0 Å². The van der Waals surface area contributed by atoms with Crippen LogP contribution in [0.4, 0.5) is 0 Å². The van der Waals surface area contributed by atoms with Crippen LogP contribution in [0.2, 0.25) is 5.02 Å². The first-order valence-corrected chi connectivity index (χ1v) is 11.1. The summed E-state index contributed by atoms with van der Waals surface area (Å²) in [6.07, 6.45) is -4.03. The van der Waals surface area contributed by atoms with E-state index in [1.54, 1.807) is 12.1 Å². The second-order valence-corrected chi connectivity index (χ2v) is 9.37. The third-order valence-corrected chi connectivity index (χ3v) is 6.38. The second-order valence-electron chi connectivity index (χ2n) is 8.04. The van der Waals surface area contributed by atoms with Crippen LogP contribution >= 0.6 is 27.5 Å². The monoisotopic (exact) mass is 550 g/mol. The Balaban J connectivity index is 2.57. The van der Waals surface area contributed by atoms with Crippen LogP contribution in [0.25, 0.3) is 0 Å². The molecule has 12 heteroatoms. The average molecular weight is 552 g/mol. The number of carbonyl (C=O) groups is 4. The summed E-state index contributed by atoms with van der Waals surface area (Å²) in [5, 5.41) is 28.8. The number of carboxylic acid groups (broad SMARTS) is 3. The lowest BCUT2D eigenvalue weighted by Gasteiger charge is -2.52. The molecule has 33 heavy (non-hydrogen) atoms. The lowest BCUT2D eigenvalue weighted by atomic mass is 9.62. The zero-order chi connectivity index (χ0) is 24.9. The molecule has 0 radical (unpaired) electrons. The van der Waals surface area contributed by atoms with Crippen molar-refractivity contribution in [1.82, 2.24) is 0 Å². The Labute approximate surface area is 202 Å². The topological polar surface area (TPSA) is 157 Å². The first-order valence-electron chi connectivity index (χ1n) is 9.89. The van der Waals surface area contributed by atoms with E-state index in [4.69, 9.17) is 25.8 Å². The van der Waals surface area contributed by atoms with Gasteiger partial charge in [0.25, 0.3) is 0 Å². The van der Waals surface area contributed by atoms with Gasteiger partial charge in [0.2, 0.25) is 6.29 Å². The molecule has 0 aromatic heterocycles. The number of carbonyl (C=O) groups excluding carboxylic acids is 1. The molecule has 2 rings (SSSR count). The Kier molecular flexibility index (Phi) is 9.10. The van der Waals surface area contributed by atoms with Gasteiger partial charge in [-0.25, -0.2) is 0 Å². The van der Waals surface area contributed by atoms with Crippen molar-refractivity contribution in [3.05, 3.63) is 27.7 Å². The van der Waals surface area contributed by atoms with E-state index in [0.717, 1.165) is 6.92 Å². The highest BCUT2D eigenvalue weighted by molar-refractivity contribution is 9.10. The summed E-state index contributed by atoms with van der Waals surface area (Å²) in [5.41, 5.74) is -1.46. The third kappa shape index (κ3) is 7.05. The quantitative estimate of drug-likeness (QED) is 0.368. The summed E-state index contributed by atoms with van der Waals surface area (Å²) in [4.78, 5) is 46.4. The molecule has 0 unspecified atom stereocenters. The molecule has 0 saturated carbocycles. The minimum Gasteiger partial charge on any atom is -0.481 e. The predicted molar refractivity (Wildman–Crippen MR) is 117 cm³/mol. The van der Waals surface area contributed by atoms with E-state index in [1.165, 1.54) is 13.0 Å². The maximum Gasteiger partial charge on any atom is 0.304 e. The SMILES string of the molecule is CC(=O)OC[C@@H]1O[C@H](Oc2ccc(Br)cc2Cl)[C@@](C)(CC(=O)O)[C@@H](CC(=O)O)[C@H]1CC(=O)O. The van der Waals surface area contributed by atoms with Crippen molar-refractivity contribution in [2.75, 3.05) is 6.61 Å². The van der Waals surface area contributed by atoms with E-state index in [1.807, 2.05) is 0 Å². The van der Waals surface area contributed by atoms with Crippen LogP contribution in [0.1, 0.15) is 33.1 Å². The molecular weight excluding hydrogens is 528 g/mol. The molecule has 1 aromatic rings. The number of halogens is 2. The highest BCUT2D eigenvalue weighted by atomic mass is 79.9. The summed E-state index contributed by atoms with van der Waals surface area (Å²) in [7, 11) is 0. The van der Waals surface area contributed by atoms with Gasteiger partial charge in [0.15, 0.2) is 0 Å².